The van der Waals surface area contributed by atoms with Crippen molar-refractivity contribution in [2.75, 3.05) is 19.0 Å². The van der Waals surface area contributed by atoms with E-state index < -0.39 is 17.8 Å². The highest BCUT2D eigenvalue weighted by Crippen LogP contribution is 2.48. The number of carboxylic acid groups (broad SMARTS) is 1. The van der Waals surface area contributed by atoms with Crippen molar-refractivity contribution in [3.8, 4) is 11.5 Å². The van der Waals surface area contributed by atoms with Gasteiger partial charge >= 0.3 is 5.97 Å². The standard InChI is InChI=1S/C20H25NO5/c1-3-4-9-26-16-8-7-14(25-2)11-15(16)21-19(22)17-12-5-6-13(10-12)18(17)20(23)24/h5-8,11-13,17-18H,3-4,9-10H2,1-2H3,(H,21,22)(H,23,24). The molecule has 2 bridgehead atoms. The van der Waals surface area contributed by atoms with Gasteiger partial charge in [0.1, 0.15) is 11.5 Å². The number of hydrogen-bond acceptors (Lipinski definition) is 4. The molecule has 1 amide bonds. The Hall–Kier alpha value is -2.50. The number of rotatable bonds is 8. The minimum absolute atomic E-state index is 0.0174. The summed E-state index contributed by atoms with van der Waals surface area (Å²) in [7, 11) is 1.56. The summed E-state index contributed by atoms with van der Waals surface area (Å²) in [6.07, 6.45) is 6.55. The molecule has 2 aliphatic rings. The van der Waals surface area contributed by atoms with Gasteiger partial charge in [0.05, 0.1) is 31.2 Å². The fraction of sp³-hybridized carbons (Fsp3) is 0.500. The molecule has 1 aromatic carbocycles. The molecular formula is C20H25NO5. The Kier molecular flexibility index (Phi) is 5.49. The van der Waals surface area contributed by atoms with Crippen LogP contribution in [0.5, 0.6) is 11.5 Å². The van der Waals surface area contributed by atoms with Crippen molar-refractivity contribution in [2.45, 2.75) is 26.2 Å². The van der Waals surface area contributed by atoms with E-state index in [2.05, 4.69) is 12.2 Å². The average Bonchev–Trinajstić information content (AvgIpc) is 3.24. The molecule has 0 heterocycles. The molecular weight excluding hydrogens is 334 g/mol. The lowest BCUT2D eigenvalue weighted by atomic mass is 9.82. The molecule has 0 saturated heterocycles. The van der Waals surface area contributed by atoms with Gasteiger partial charge in [-0.25, -0.2) is 0 Å². The van der Waals surface area contributed by atoms with E-state index in [9.17, 15) is 14.7 Å². The number of unbranched alkanes of at least 4 members (excludes halogenated alkanes) is 1. The van der Waals surface area contributed by atoms with Crippen LogP contribution in [0.4, 0.5) is 5.69 Å². The Balaban J connectivity index is 1.79. The molecule has 2 aliphatic carbocycles. The van der Waals surface area contributed by atoms with E-state index in [0.29, 0.717) is 23.8 Å². The van der Waals surface area contributed by atoms with Crippen LogP contribution in [0.15, 0.2) is 30.4 Å². The Labute approximate surface area is 153 Å². The van der Waals surface area contributed by atoms with E-state index in [1.54, 1.807) is 25.3 Å². The highest BCUT2D eigenvalue weighted by Gasteiger charge is 2.51. The van der Waals surface area contributed by atoms with Crippen molar-refractivity contribution in [1.29, 1.82) is 0 Å². The summed E-state index contributed by atoms with van der Waals surface area (Å²) in [5.74, 6) is -1.31. The fourth-order valence-corrected chi connectivity index (χ4v) is 3.92. The Bertz CT molecular complexity index is 714. The second-order valence-electron chi connectivity index (χ2n) is 6.89. The molecule has 0 aliphatic heterocycles. The fourth-order valence-electron chi connectivity index (χ4n) is 3.92. The Morgan fingerprint density at radius 3 is 2.62 bits per heavy atom. The zero-order chi connectivity index (χ0) is 18.7. The van der Waals surface area contributed by atoms with E-state index in [4.69, 9.17) is 9.47 Å². The predicted octanol–water partition coefficient (Wildman–Crippen LogP) is 3.34. The van der Waals surface area contributed by atoms with Crippen LogP contribution in [-0.4, -0.2) is 30.7 Å². The lowest BCUT2D eigenvalue weighted by molar-refractivity contribution is -0.146. The summed E-state index contributed by atoms with van der Waals surface area (Å²) in [5.41, 5.74) is 0.515. The van der Waals surface area contributed by atoms with Gasteiger partial charge in [0.15, 0.2) is 0 Å². The maximum Gasteiger partial charge on any atom is 0.307 e. The number of nitrogens with one attached hydrogen (secondary N) is 1. The number of benzene rings is 1. The molecule has 6 nitrogen and oxygen atoms in total. The third-order valence-corrected chi connectivity index (χ3v) is 5.25. The number of allylic oxidation sites excluding steroid dienone is 2. The van der Waals surface area contributed by atoms with Crippen LogP contribution in [0.1, 0.15) is 26.2 Å². The average molecular weight is 359 g/mol. The summed E-state index contributed by atoms with van der Waals surface area (Å²) in [5, 5.41) is 12.4. The van der Waals surface area contributed by atoms with Gasteiger partial charge in [-0.05, 0) is 36.8 Å². The van der Waals surface area contributed by atoms with Crippen LogP contribution in [-0.2, 0) is 9.59 Å². The number of carbonyl (C=O) groups excluding carboxylic acids is 1. The first-order valence-electron chi connectivity index (χ1n) is 9.08. The van der Waals surface area contributed by atoms with Gasteiger partial charge in [0.2, 0.25) is 5.91 Å². The molecule has 3 rings (SSSR count). The minimum Gasteiger partial charge on any atom is -0.497 e. The number of ether oxygens (including phenoxy) is 2. The van der Waals surface area contributed by atoms with Crippen LogP contribution in [0.25, 0.3) is 0 Å². The molecule has 0 radical (unpaired) electrons. The topological polar surface area (TPSA) is 84.9 Å². The lowest BCUT2D eigenvalue weighted by Crippen LogP contribution is -2.36. The molecule has 0 aromatic heterocycles. The molecule has 4 unspecified atom stereocenters. The van der Waals surface area contributed by atoms with Gasteiger partial charge in [-0.3, -0.25) is 9.59 Å². The monoisotopic (exact) mass is 359 g/mol. The van der Waals surface area contributed by atoms with Gasteiger partial charge in [-0.15, -0.1) is 0 Å². The van der Waals surface area contributed by atoms with Crippen LogP contribution in [0.3, 0.4) is 0 Å². The van der Waals surface area contributed by atoms with Gasteiger partial charge in [-0.1, -0.05) is 25.5 Å². The molecule has 0 spiro atoms. The van der Waals surface area contributed by atoms with Crippen molar-refractivity contribution in [3.63, 3.8) is 0 Å². The molecule has 1 aromatic rings. The van der Waals surface area contributed by atoms with Gasteiger partial charge in [0, 0.05) is 6.07 Å². The number of anilines is 1. The second kappa shape index (κ2) is 7.81. The summed E-state index contributed by atoms with van der Waals surface area (Å²) in [6.45, 7) is 2.63. The number of amides is 1. The molecule has 1 saturated carbocycles. The van der Waals surface area contributed by atoms with E-state index in [0.717, 1.165) is 19.3 Å². The van der Waals surface area contributed by atoms with Gasteiger partial charge in [0.25, 0.3) is 0 Å². The van der Waals surface area contributed by atoms with E-state index in [-0.39, 0.29) is 17.7 Å². The molecule has 26 heavy (non-hydrogen) atoms. The lowest BCUT2D eigenvalue weighted by Gasteiger charge is -2.24. The predicted molar refractivity (Wildman–Crippen MR) is 97.4 cm³/mol. The number of carbonyl (C=O) groups is 2. The number of fused-ring (bicyclic) bond motifs is 2. The number of methoxy groups -OCH3 is 1. The maximum absolute atomic E-state index is 12.9. The zero-order valence-electron chi connectivity index (χ0n) is 15.1. The van der Waals surface area contributed by atoms with Crippen LogP contribution < -0.4 is 14.8 Å². The first-order valence-corrected chi connectivity index (χ1v) is 9.08. The summed E-state index contributed by atoms with van der Waals surface area (Å²) >= 11 is 0. The minimum atomic E-state index is -0.910. The maximum atomic E-state index is 12.9. The number of hydrogen-bond donors (Lipinski definition) is 2. The Morgan fingerprint density at radius 2 is 1.96 bits per heavy atom. The van der Waals surface area contributed by atoms with Crippen molar-refractivity contribution in [2.24, 2.45) is 23.7 Å². The van der Waals surface area contributed by atoms with Gasteiger partial charge in [-0.2, -0.15) is 0 Å². The summed E-state index contributed by atoms with van der Waals surface area (Å²) in [4.78, 5) is 24.5. The van der Waals surface area contributed by atoms with Crippen molar-refractivity contribution in [3.05, 3.63) is 30.4 Å². The first-order chi connectivity index (χ1) is 12.5. The first kappa shape index (κ1) is 18.3. The number of aliphatic carboxylic acids is 1. The third-order valence-electron chi connectivity index (χ3n) is 5.25. The summed E-state index contributed by atoms with van der Waals surface area (Å²) < 4.78 is 11.0. The molecule has 2 N–H and O–H groups in total. The smallest absolute Gasteiger partial charge is 0.307 e. The normalized spacial score (nSPS) is 25.9. The van der Waals surface area contributed by atoms with Crippen molar-refractivity contribution < 1.29 is 24.2 Å². The third kappa shape index (κ3) is 3.54. The molecule has 4 atom stereocenters. The second-order valence-corrected chi connectivity index (χ2v) is 6.89. The van der Waals surface area contributed by atoms with E-state index in [1.165, 1.54) is 0 Å². The van der Waals surface area contributed by atoms with Crippen LogP contribution in [0, 0.1) is 23.7 Å². The Morgan fingerprint density at radius 1 is 1.23 bits per heavy atom. The molecule has 1 fully saturated rings. The highest BCUT2D eigenvalue weighted by atomic mass is 16.5. The number of carboxylic acids is 1. The molecule has 140 valence electrons. The highest BCUT2D eigenvalue weighted by molar-refractivity contribution is 5.97. The van der Waals surface area contributed by atoms with Crippen LogP contribution >= 0.6 is 0 Å². The van der Waals surface area contributed by atoms with Crippen molar-refractivity contribution in [1.82, 2.24) is 0 Å². The van der Waals surface area contributed by atoms with E-state index in [1.807, 2.05) is 12.2 Å². The summed E-state index contributed by atoms with van der Waals surface area (Å²) in [6, 6.07) is 5.24. The zero-order valence-corrected chi connectivity index (χ0v) is 15.1. The SMILES string of the molecule is CCCCOc1ccc(OC)cc1NC(=O)C1C2C=CC(C2)C1C(=O)O. The van der Waals surface area contributed by atoms with Gasteiger partial charge < -0.3 is 19.9 Å². The van der Waals surface area contributed by atoms with Crippen molar-refractivity contribution >= 4 is 17.6 Å². The molecule has 6 heteroatoms. The van der Waals surface area contributed by atoms with Crippen LogP contribution in [0.2, 0.25) is 0 Å². The largest absolute Gasteiger partial charge is 0.497 e. The quantitative estimate of drug-likeness (QED) is 0.549. The van der Waals surface area contributed by atoms with E-state index >= 15 is 0 Å².